The molecule has 2 nitrogen and oxygen atoms in total. The fourth-order valence-corrected chi connectivity index (χ4v) is 5.50. The summed E-state index contributed by atoms with van der Waals surface area (Å²) in [7, 11) is -3.21. The fourth-order valence-electron chi connectivity index (χ4n) is 3.26. The van der Waals surface area contributed by atoms with Gasteiger partial charge in [0.15, 0.2) is 0 Å². The third-order valence-electron chi connectivity index (χ3n) is 4.74. The molecule has 0 aliphatic heterocycles. The molecule has 3 heteroatoms. The summed E-state index contributed by atoms with van der Waals surface area (Å²) >= 11 is 0. The molecular formula is C24H21O2P. The van der Waals surface area contributed by atoms with E-state index in [1.165, 1.54) is 5.39 Å². The molecule has 134 valence electrons. The molecule has 0 spiro atoms. The topological polar surface area (TPSA) is 26.3 Å². The summed E-state index contributed by atoms with van der Waals surface area (Å²) < 4.78 is 20.3. The Bertz CT molecular complexity index is 1050. The van der Waals surface area contributed by atoms with Crippen LogP contribution < -0.4 is 10.6 Å². The summed E-state index contributed by atoms with van der Waals surface area (Å²) in [5.74, 6) is 0. The van der Waals surface area contributed by atoms with Crippen molar-refractivity contribution in [2.24, 2.45) is 0 Å². The van der Waals surface area contributed by atoms with Crippen molar-refractivity contribution >= 4 is 28.8 Å². The molecule has 4 aromatic carbocycles. The van der Waals surface area contributed by atoms with Gasteiger partial charge in [0.2, 0.25) is 0 Å². The molecular weight excluding hydrogens is 351 g/mol. The lowest BCUT2D eigenvalue weighted by Gasteiger charge is -2.24. The minimum atomic E-state index is -3.21. The van der Waals surface area contributed by atoms with Gasteiger partial charge in [-0.15, -0.1) is 0 Å². The maximum absolute atomic E-state index is 14.0. The lowest BCUT2D eigenvalue weighted by atomic mass is 10.0. The van der Waals surface area contributed by atoms with Crippen LogP contribution in [0.25, 0.3) is 10.8 Å². The third kappa shape index (κ3) is 3.60. The van der Waals surface area contributed by atoms with Crippen LogP contribution in [0.1, 0.15) is 18.6 Å². The van der Waals surface area contributed by atoms with E-state index < -0.39 is 7.37 Å². The zero-order valence-electron chi connectivity index (χ0n) is 15.2. The van der Waals surface area contributed by atoms with Crippen LogP contribution in [-0.4, -0.2) is 0 Å². The van der Waals surface area contributed by atoms with Gasteiger partial charge in [0.05, 0.1) is 6.10 Å². The first kappa shape index (κ1) is 17.7. The average Bonchev–Trinajstić information content (AvgIpc) is 2.74. The van der Waals surface area contributed by atoms with E-state index in [1.807, 2.05) is 85.8 Å². The van der Waals surface area contributed by atoms with E-state index in [0.29, 0.717) is 10.6 Å². The predicted molar refractivity (Wildman–Crippen MR) is 113 cm³/mol. The van der Waals surface area contributed by atoms with Crippen molar-refractivity contribution in [2.45, 2.75) is 13.0 Å². The van der Waals surface area contributed by atoms with Crippen LogP contribution in [0.2, 0.25) is 0 Å². The zero-order valence-corrected chi connectivity index (χ0v) is 16.1. The number of hydrogen-bond acceptors (Lipinski definition) is 2. The molecule has 1 atom stereocenters. The summed E-state index contributed by atoms with van der Waals surface area (Å²) in [5.41, 5.74) is 1.01. The first-order valence-electron chi connectivity index (χ1n) is 9.05. The van der Waals surface area contributed by atoms with Gasteiger partial charge >= 0.3 is 0 Å². The van der Waals surface area contributed by atoms with Crippen LogP contribution >= 0.6 is 7.37 Å². The summed E-state index contributed by atoms with van der Waals surface area (Å²) in [6.45, 7) is 1.96. The van der Waals surface area contributed by atoms with Gasteiger partial charge in [-0.05, 0) is 53.6 Å². The first-order chi connectivity index (χ1) is 13.2. The lowest BCUT2D eigenvalue weighted by molar-refractivity contribution is 0.239. The van der Waals surface area contributed by atoms with Gasteiger partial charge in [-0.2, -0.15) is 0 Å². The van der Waals surface area contributed by atoms with Gasteiger partial charge in [-0.25, -0.2) is 0 Å². The largest absolute Gasteiger partial charge is 0.314 e. The van der Waals surface area contributed by atoms with Gasteiger partial charge in [0.25, 0.3) is 7.37 Å². The fraction of sp³-hybridized carbons (Fsp3) is 0.0833. The molecule has 0 fully saturated rings. The van der Waals surface area contributed by atoms with Gasteiger partial charge in [0.1, 0.15) is 0 Å². The highest BCUT2D eigenvalue weighted by molar-refractivity contribution is 7.74. The van der Waals surface area contributed by atoms with Crippen molar-refractivity contribution < 1.29 is 9.09 Å². The number of fused-ring (bicyclic) bond motifs is 1. The van der Waals surface area contributed by atoms with Gasteiger partial charge < -0.3 is 4.52 Å². The van der Waals surface area contributed by atoms with Crippen molar-refractivity contribution in [1.82, 2.24) is 0 Å². The quantitative estimate of drug-likeness (QED) is 0.411. The van der Waals surface area contributed by atoms with E-state index in [4.69, 9.17) is 4.52 Å². The summed E-state index contributed by atoms with van der Waals surface area (Å²) in [6, 6.07) is 33.4. The maximum Gasteiger partial charge on any atom is 0.261 e. The zero-order chi connectivity index (χ0) is 18.7. The molecule has 0 aliphatic rings. The van der Waals surface area contributed by atoms with Crippen molar-refractivity contribution in [3.63, 3.8) is 0 Å². The molecule has 0 N–H and O–H groups in total. The molecule has 0 aromatic heterocycles. The molecule has 0 unspecified atom stereocenters. The molecule has 27 heavy (non-hydrogen) atoms. The van der Waals surface area contributed by atoms with Crippen molar-refractivity contribution in [3.05, 3.63) is 109 Å². The lowest BCUT2D eigenvalue weighted by Crippen LogP contribution is -2.19. The Morgan fingerprint density at radius 2 is 1.19 bits per heavy atom. The molecule has 0 bridgehead atoms. The monoisotopic (exact) mass is 372 g/mol. The second kappa shape index (κ2) is 7.52. The SMILES string of the molecule is C[C@@H](OP(=O)(c1ccccc1)c1ccccc1)c1ccc2ccccc2c1. The van der Waals surface area contributed by atoms with Crippen LogP contribution in [0.5, 0.6) is 0 Å². The highest BCUT2D eigenvalue weighted by Gasteiger charge is 2.31. The van der Waals surface area contributed by atoms with Crippen molar-refractivity contribution in [2.75, 3.05) is 0 Å². The number of hydrogen-bond donors (Lipinski definition) is 0. The summed E-state index contributed by atoms with van der Waals surface area (Å²) in [5, 5.41) is 3.76. The Balaban J connectivity index is 1.74. The van der Waals surface area contributed by atoms with Crippen LogP contribution in [0.15, 0.2) is 103 Å². The second-order valence-electron chi connectivity index (χ2n) is 6.58. The Hall–Kier alpha value is -2.67. The maximum atomic E-state index is 14.0. The van der Waals surface area contributed by atoms with E-state index in [0.717, 1.165) is 10.9 Å². The normalized spacial score (nSPS) is 12.8. The standard InChI is InChI=1S/C24H21O2P/c1-19(21-17-16-20-10-8-9-11-22(20)18-21)26-27(25,23-12-4-2-5-13-23)24-14-6-3-7-15-24/h2-19H,1H3/t19-/m1/s1. The molecule has 0 amide bonds. The van der Waals surface area contributed by atoms with Crippen LogP contribution in [-0.2, 0) is 9.09 Å². The Morgan fingerprint density at radius 1 is 0.667 bits per heavy atom. The van der Waals surface area contributed by atoms with Crippen molar-refractivity contribution in [3.8, 4) is 0 Å². The second-order valence-corrected chi connectivity index (χ2v) is 8.92. The van der Waals surface area contributed by atoms with E-state index in [1.54, 1.807) is 0 Å². The van der Waals surface area contributed by atoms with Gasteiger partial charge in [0, 0.05) is 10.6 Å². The van der Waals surface area contributed by atoms with E-state index in [-0.39, 0.29) is 6.10 Å². The molecule has 0 heterocycles. The van der Waals surface area contributed by atoms with Crippen molar-refractivity contribution in [1.29, 1.82) is 0 Å². The summed E-state index contributed by atoms with van der Waals surface area (Å²) in [6.07, 6.45) is -0.305. The molecule has 4 aromatic rings. The van der Waals surface area contributed by atoms with E-state index >= 15 is 0 Å². The third-order valence-corrected chi connectivity index (χ3v) is 7.31. The molecule has 0 saturated carbocycles. The predicted octanol–water partition coefficient (Wildman–Crippen LogP) is 5.85. The number of benzene rings is 4. The van der Waals surface area contributed by atoms with Crippen LogP contribution in [0.4, 0.5) is 0 Å². The Morgan fingerprint density at radius 3 is 1.78 bits per heavy atom. The van der Waals surface area contributed by atoms with Crippen LogP contribution in [0, 0.1) is 0 Å². The minimum absolute atomic E-state index is 0.305. The first-order valence-corrected chi connectivity index (χ1v) is 10.7. The van der Waals surface area contributed by atoms with Crippen LogP contribution in [0.3, 0.4) is 0 Å². The van der Waals surface area contributed by atoms with Gasteiger partial charge in [-0.1, -0.05) is 72.8 Å². The van der Waals surface area contributed by atoms with Gasteiger partial charge in [-0.3, -0.25) is 4.57 Å². The average molecular weight is 372 g/mol. The number of rotatable bonds is 5. The minimum Gasteiger partial charge on any atom is -0.314 e. The Kier molecular flexibility index (Phi) is 4.94. The van der Waals surface area contributed by atoms with E-state index in [9.17, 15) is 4.57 Å². The summed E-state index contributed by atoms with van der Waals surface area (Å²) in [4.78, 5) is 0. The smallest absolute Gasteiger partial charge is 0.261 e. The Labute approximate surface area is 159 Å². The molecule has 0 radical (unpaired) electrons. The molecule has 4 rings (SSSR count). The highest BCUT2D eigenvalue weighted by atomic mass is 31.2. The molecule has 0 saturated heterocycles. The molecule has 0 aliphatic carbocycles. The highest BCUT2D eigenvalue weighted by Crippen LogP contribution is 2.48. The van der Waals surface area contributed by atoms with E-state index in [2.05, 4.69) is 24.3 Å².